The van der Waals surface area contributed by atoms with E-state index in [1.54, 1.807) is 4.90 Å². The highest BCUT2D eigenvalue weighted by molar-refractivity contribution is 5.38. The second kappa shape index (κ2) is 4.50. The first-order chi connectivity index (χ1) is 7.97. The Morgan fingerprint density at radius 3 is 2.41 bits per heavy atom. The van der Waals surface area contributed by atoms with Crippen LogP contribution in [0.1, 0.15) is 12.8 Å². The van der Waals surface area contributed by atoms with E-state index in [0.29, 0.717) is 5.82 Å². The average Bonchev–Trinajstić information content (AvgIpc) is 2.28. The molecule has 2 heterocycles. The number of piperidine rings is 1. The molecule has 0 amide bonds. The van der Waals surface area contributed by atoms with E-state index in [-0.39, 0.29) is 25.9 Å². The van der Waals surface area contributed by atoms with Gasteiger partial charge in [0.2, 0.25) is 0 Å². The van der Waals surface area contributed by atoms with E-state index in [1.165, 1.54) is 18.3 Å². The summed E-state index contributed by atoms with van der Waals surface area (Å²) in [7, 11) is 0. The first-order valence-corrected chi connectivity index (χ1v) is 5.40. The fourth-order valence-electron chi connectivity index (χ4n) is 2.00. The summed E-state index contributed by atoms with van der Waals surface area (Å²) in [6.07, 6.45) is -2.72. The summed E-state index contributed by atoms with van der Waals surface area (Å²) >= 11 is 0. The molecule has 0 unspecified atom stereocenters. The van der Waals surface area contributed by atoms with Crippen LogP contribution in [0.3, 0.4) is 0 Å². The molecule has 1 fully saturated rings. The third kappa shape index (κ3) is 2.87. The van der Waals surface area contributed by atoms with Crippen LogP contribution in [0.15, 0.2) is 18.3 Å². The van der Waals surface area contributed by atoms with Gasteiger partial charge in [0, 0.05) is 25.4 Å². The third-order valence-corrected chi connectivity index (χ3v) is 2.99. The standard InChI is InChI=1S/C11H12F4N2/c12-9-1-4-16-10(7-9)17-5-2-8(3-6-17)11(13,14)15/h1,4,7-8H,2-3,5-6H2. The summed E-state index contributed by atoms with van der Waals surface area (Å²) < 4.78 is 50.3. The van der Waals surface area contributed by atoms with Crippen LogP contribution >= 0.6 is 0 Å². The van der Waals surface area contributed by atoms with Crippen molar-refractivity contribution in [2.75, 3.05) is 18.0 Å². The molecule has 0 spiro atoms. The lowest BCUT2D eigenvalue weighted by molar-refractivity contribution is -0.179. The highest BCUT2D eigenvalue weighted by atomic mass is 19.4. The molecule has 0 radical (unpaired) electrons. The second-order valence-electron chi connectivity index (χ2n) is 4.14. The van der Waals surface area contributed by atoms with Gasteiger partial charge in [0.05, 0.1) is 5.92 Å². The summed E-state index contributed by atoms with van der Waals surface area (Å²) in [6, 6.07) is 2.46. The van der Waals surface area contributed by atoms with Gasteiger partial charge in [-0.3, -0.25) is 0 Å². The highest BCUT2D eigenvalue weighted by Crippen LogP contribution is 2.34. The molecule has 0 saturated carbocycles. The van der Waals surface area contributed by atoms with Crippen LogP contribution < -0.4 is 4.90 Å². The predicted molar refractivity (Wildman–Crippen MR) is 55.2 cm³/mol. The zero-order valence-electron chi connectivity index (χ0n) is 9.04. The minimum absolute atomic E-state index is 0.0433. The third-order valence-electron chi connectivity index (χ3n) is 2.99. The molecule has 1 saturated heterocycles. The Morgan fingerprint density at radius 2 is 1.88 bits per heavy atom. The Labute approximate surface area is 96.3 Å². The Bertz CT molecular complexity index is 383. The number of pyridine rings is 1. The monoisotopic (exact) mass is 248 g/mol. The van der Waals surface area contributed by atoms with Gasteiger partial charge in [-0.15, -0.1) is 0 Å². The summed E-state index contributed by atoms with van der Waals surface area (Å²) in [6.45, 7) is 0.529. The van der Waals surface area contributed by atoms with E-state index in [2.05, 4.69) is 4.98 Å². The lowest BCUT2D eigenvalue weighted by atomic mass is 9.96. The van der Waals surface area contributed by atoms with Crippen molar-refractivity contribution >= 4 is 5.82 Å². The maximum absolute atomic E-state index is 12.9. The summed E-state index contributed by atoms with van der Waals surface area (Å²) in [4.78, 5) is 5.64. The normalized spacial score (nSPS) is 18.5. The van der Waals surface area contributed by atoms with Crippen molar-refractivity contribution in [3.05, 3.63) is 24.1 Å². The number of anilines is 1. The molecule has 1 aliphatic rings. The van der Waals surface area contributed by atoms with Crippen molar-refractivity contribution < 1.29 is 17.6 Å². The molecule has 0 aliphatic carbocycles. The molecule has 1 aliphatic heterocycles. The minimum Gasteiger partial charge on any atom is -0.357 e. The van der Waals surface area contributed by atoms with Crippen molar-refractivity contribution in [2.45, 2.75) is 19.0 Å². The van der Waals surface area contributed by atoms with Crippen molar-refractivity contribution in [1.82, 2.24) is 4.98 Å². The van der Waals surface area contributed by atoms with Gasteiger partial charge in [-0.2, -0.15) is 13.2 Å². The van der Waals surface area contributed by atoms with Gasteiger partial charge in [-0.25, -0.2) is 9.37 Å². The smallest absolute Gasteiger partial charge is 0.357 e. The Hall–Kier alpha value is -1.33. The number of aromatic nitrogens is 1. The van der Waals surface area contributed by atoms with Crippen molar-refractivity contribution in [1.29, 1.82) is 0 Å². The van der Waals surface area contributed by atoms with Gasteiger partial charge in [-0.05, 0) is 18.9 Å². The number of hydrogen-bond acceptors (Lipinski definition) is 2. The molecule has 0 aromatic carbocycles. The van der Waals surface area contributed by atoms with Crippen LogP contribution in [0.25, 0.3) is 0 Å². The van der Waals surface area contributed by atoms with Gasteiger partial charge in [0.25, 0.3) is 0 Å². The van der Waals surface area contributed by atoms with E-state index >= 15 is 0 Å². The second-order valence-corrected chi connectivity index (χ2v) is 4.14. The molecule has 17 heavy (non-hydrogen) atoms. The first-order valence-electron chi connectivity index (χ1n) is 5.40. The number of rotatable bonds is 1. The maximum Gasteiger partial charge on any atom is 0.391 e. The number of nitrogens with zero attached hydrogens (tertiary/aromatic N) is 2. The van der Waals surface area contributed by atoms with Gasteiger partial charge in [0.1, 0.15) is 11.6 Å². The molecule has 1 aromatic heterocycles. The van der Waals surface area contributed by atoms with Crippen LogP contribution in [0.2, 0.25) is 0 Å². The lowest BCUT2D eigenvalue weighted by Crippen LogP contribution is -2.39. The Balaban J connectivity index is 2.00. The molecule has 0 bridgehead atoms. The number of halogens is 4. The fourth-order valence-corrected chi connectivity index (χ4v) is 2.00. The van der Waals surface area contributed by atoms with E-state index in [1.807, 2.05) is 0 Å². The molecule has 1 aromatic rings. The number of alkyl halides is 3. The van der Waals surface area contributed by atoms with Crippen LogP contribution in [-0.4, -0.2) is 24.2 Å². The van der Waals surface area contributed by atoms with Gasteiger partial charge in [0.15, 0.2) is 0 Å². The van der Waals surface area contributed by atoms with E-state index < -0.39 is 17.9 Å². The average molecular weight is 248 g/mol. The summed E-state index contributed by atoms with van der Waals surface area (Å²) in [5.74, 6) is -1.26. The first kappa shape index (κ1) is 12.1. The zero-order valence-corrected chi connectivity index (χ0v) is 9.04. The molecular weight excluding hydrogens is 236 g/mol. The van der Waals surface area contributed by atoms with E-state index in [9.17, 15) is 17.6 Å². The summed E-state index contributed by atoms with van der Waals surface area (Å²) in [5.41, 5.74) is 0. The summed E-state index contributed by atoms with van der Waals surface area (Å²) in [5, 5.41) is 0. The molecule has 2 nitrogen and oxygen atoms in total. The van der Waals surface area contributed by atoms with Crippen LogP contribution in [0, 0.1) is 11.7 Å². The largest absolute Gasteiger partial charge is 0.391 e. The Morgan fingerprint density at radius 1 is 1.24 bits per heavy atom. The minimum atomic E-state index is -4.12. The highest BCUT2D eigenvalue weighted by Gasteiger charge is 2.41. The quantitative estimate of drug-likeness (QED) is 0.710. The number of hydrogen-bond donors (Lipinski definition) is 0. The molecule has 2 rings (SSSR count). The zero-order chi connectivity index (χ0) is 12.5. The van der Waals surface area contributed by atoms with E-state index in [4.69, 9.17) is 0 Å². The lowest BCUT2D eigenvalue weighted by Gasteiger charge is -2.33. The van der Waals surface area contributed by atoms with Crippen LogP contribution in [-0.2, 0) is 0 Å². The maximum atomic E-state index is 12.9. The Kier molecular flexibility index (Phi) is 3.22. The predicted octanol–water partition coefficient (Wildman–Crippen LogP) is 3.00. The van der Waals surface area contributed by atoms with Crippen LogP contribution in [0.5, 0.6) is 0 Å². The molecule has 0 N–H and O–H groups in total. The van der Waals surface area contributed by atoms with Crippen LogP contribution in [0.4, 0.5) is 23.4 Å². The van der Waals surface area contributed by atoms with E-state index in [0.717, 1.165) is 0 Å². The fraction of sp³-hybridized carbons (Fsp3) is 0.545. The molecule has 6 heteroatoms. The van der Waals surface area contributed by atoms with Gasteiger partial charge < -0.3 is 4.90 Å². The topological polar surface area (TPSA) is 16.1 Å². The molecular formula is C11H12F4N2. The van der Waals surface area contributed by atoms with Crippen molar-refractivity contribution in [3.8, 4) is 0 Å². The molecule has 0 atom stereocenters. The van der Waals surface area contributed by atoms with Gasteiger partial charge in [-0.1, -0.05) is 0 Å². The van der Waals surface area contributed by atoms with Crippen molar-refractivity contribution in [2.24, 2.45) is 5.92 Å². The van der Waals surface area contributed by atoms with Gasteiger partial charge >= 0.3 is 6.18 Å². The van der Waals surface area contributed by atoms with Crippen molar-refractivity contribution in [3.63, 3.8) is 0 Å². The SMILES string of the molecule is Fc1ccnc(N2CCC(C(F)(F)F)CC2)c1. The molecule has 94 valence electrons.